The van der Waals surface area contributed by atoms with Gasteiger partial charge in [-0.2, -0.15) is 0 Å². The van der Waals surface area contributed by atoms with E-state index in [1.807, 2.05) is 6.07 Å². The fraction of sp³-hybridized carbons (Fsp3) is 0.167. The molecule has 0 aliphatic rings. The van der Waals surface area contributed by atoms with Crippen LogP contribution in [0.15, 0.2) is 66.7 Å². The predicted molar refractivity (Wildman–Crippen MR) is 123 cm³/mol. The number of carbonyl (C=O) groups is 2. The standard InChI is InChI=1S/C24H21Cl2NO5/c1-31-18-12-7-13-19(32-2)21(18)24(23(29)30,14-15-8-4-3-5-9-15)27-22(28)20-16(25)10-6-11-17(20)26/h3-13H,14H2,1-2H3,(H,27,28)(H,29,30)/t24-/m1/s1. The molecule has 1 amide bonds. The average molecular weight is 474 g/mol. The Morgan fingerprint density at radius 3 is 1.91 bits per heavy atom. The van der Waals surface area contributed by atoms with E-state index in [0.29, 0.717) is 5.56 Å². The number of hydrogen-bond donors (Lipinski definition) is 2. The SMILES string of the molecule is COc1cccc(OC)c1[C@@](Cc1ccccc1)(NC(=O)c1c(Cl)cccc1Cl)C(=O)O. The van der Waals surface area contributed by atoms with Gasteiger partial charge in [0.1, 0.15) is 11.5 Å². The lowest BCUT2D eigenvalue weighted by molar-refractivity contribution is -0.145. The number of aliphatic carboxylic acids is 1. The van der Waals surface area contributed by atoms with E-state index in [1.54, 1.807) is 48.5 Å². The maximum atomic E-state index is 13.3. The predicted octanol–water partition coefficient (Wildman–Crippen LogP) is 4.96. The second kappa shape index (κ2) is 9.94. The molecule has 0 aliphatic carbocycles. The minimum Gasteiger partial charge on any atom is -0.496 e. The number of methoxy groups -OCH3 is 2. The van der Waals surface area contributed by atoms with Crippen LogP contribution in [0.1, 0.15) is 21.5 Å². The normalized spacial score (nSPS) is 12.5. The lowest BCUT2D eigenvalue weighted by Crippen LogP contribution is -2.54. The Bertz CT molecular complexity index is 1090. The second-order valence-corrected chi connectivity index (χ2v) is 7.78. The summed E-state index contributed by atoms with van der Waals surface area (Å²) in [5, 5.41) is 13.4. The van der Waals surface area contributed by atoms with Crippen molar-refractivity contribution in [1.82, 2.24) is 5.32 Å². The Morgan fingerprint density at radius 1 is 0.875 bits per heavy atom. The number of ether oxygens (including phenoxy) is 2. The van der Waals surface area contributed by atoms with Crippen molar-refractivity contribution in [2.45, 2.75) is 12.0 Å². The fourth-order valence-electron chi connectivity index (χ4n) is 3.58. The molecule has 3 aromatic carbocycles. The van der Waals surface area contributed by atoms with Crippen molar-refractivity contribution in [3.63, 3.8) is 0 Å². The summed E-state index contributed by atoms with van der Waals surface area (Å²) in [6.07, 6.45) is -0.0896. The molecule has 8 heteroatoms. The van der Waals surface area contributed by atoms with Crippen molar-refractivity contribution in [3.8, 4) is 11.5 Å². The molecule has 3 rings (SSSR count). The number of halogens is 2. The van der Waals surface area contributed by atoms with Gasteiger partial charge in [-0.3, -0.25) is 4.79 Å². The molecular weight excluding hydrogens is 453 g/mol. The van der Waals surface area contributed by atoms with Crippen molar-refractivity contribution >= 4 is 35.1 Å². The third-order valence-corrected chi connectivity index (χ3v) is 5.68. The largest absolute Gasteiger partial charge is 0.496 e. The van der Waals surface area contributed by atoms with Gasteiger partial charge in [-0.05, 0) is 29.8 Å². The molecule has 166 valence electrons. The third kappa shape index (κ3) is 4.52. The van der Waals surface area contributed by atoms with Crippen molar-refractivity contribution in [2.24, 2.45) is 0 Å². The van der Waals surface area contributed by atoms with Crippen LogP contribution in [0.5, 0.6) is 11.5 Å². The maximum Gasteiger partial charge on any atom is 0.334 e. The summed E-state index contributed by atoms with van der Waals surface area (Å²) >= 11 is 12.4. The molecule has 3 aromatic rings. The van der Waals surface area contributed by atoms with E-state index in [2.05, 4.69) is 5.32 Å². The molecule has 0 spiro atoms. The van der Waals surface area contributed by atoms with Gasteiger partial charge in [0.05, 0.1) is 35.4 Å². The van der Waals surface area contributed by atoms with Gasteiger partial charge >= 0.3 is 5.97 Å². The average Bonchev–Trinajstić information content (AvgIpc) is 2.78. The van der Waals surface area contributed by atoms with Gasteiger partial charge in [0, 0.05) is 6.42 Å². The highest BCUT2D eigenvalue weighted by molar-refractivity contribution is 6.39. The quantitative estimate of drug-likeness (QED) is 0.482. The molecule has 0 unspecified atom stereocenters. The monoisotopic (exact) mass is 473 g/mol. The van der Waals surface area contributed by atoms with Crippen LogP contribution < -0.4 is 14.8 Å². The third-order valence-electron chi connectivity index (χ3n) is 5.05. The van der Waals surface area contributed by atoms with Crippen LogP contribution in [0, 0.1) is 0 Å². The van der Waals surface area contributed by atoms with Crippen LogP contribution >= 0.6 is 23.2 Å². The van der Waals surface area contributed by atoms with Crippen LogP contribution in [-0.2, 0) is 16.8 Å². The first-order valence-electron chi connectivity index (χ1n) is 9.59. The summed E-state index contributed by atoms with van der Waals surface area (Å²) in [5.41, 5.74) is -1.14. The van der Waals surface area contributed by atoms with Gasteiger partial charge in [0.2, 0.25) is 0 Å². The molecule has 6 nitrogen and oxygen atoms in total. The van der Waals surface area contributed by atoms with E-state index in [4.69, 9.17) is 32.7 Å². The molecular formula is C24H21Cl2NO5. The number of amides is 1. The number of carboxylic acids is 1. The van der Waals surface area contributed by atoms with Crippen LogP contribution in [0.25, 0.3) is 0 Å². The maximum absolute atomic E-state index is 13.3. The van der Waals surface area contributed by atoms with E-state index in [1.165, 1.54) is 26.4 Å². The number of benzene rings is 3. The summed E-state index contributed by atoms with van der Waals surface area (Å²) in [6.45, 7) is 0. The zero-order valence-electron chi connectivity index (χ0n) is 17.4. The Balaban J connectivity index is 2.26. The zero-order valence-corrected chi connectivity index (χ0v) is 18.9. The summed E-state index contributed by atoms with van der Waals surface area (Å²) in [6, 6.07) is 18.4. The first-order valence-corrected chi connectivity index (χ1v) is 10.3. The van der Waals surface area contributed by atoms with Gasteiger partial charge < -0.3 is 19.9 Å². The van der Waals surface area contributed by atoms with Gasteiger partial charge in [0.25, 0.3) is 5.91 Å². The molecule has 2 N–H and O–H groups in total. The Morgan fingerprint density at radius 2 is 1.41 bits per heavy atom. The minimum atomic E-state index is -1.96. The molecule has 0 saturated carbocycles. The molecule has 0 fully saturated rings. The molecule has 0 radical (unpaired) electrons. The molecule has 0 aliphatic heterocycles. The lowest BCUT2D eigenvalue weighted by Gasteiger charge is -2.33. The lowest BCUT2D eigenvalue weighted by atomic mass is 9.82. The van der Waals surface area contributed by atoms with Crippen molar-refractivity contribution < 1.29 is 24.2 Å². The van der Waals surface area contributed by atoms with E-state index in [9.17, 15) is 14.7 Å². The second-order valence-electron chi connectivity index (χ2n) is 6.96. The van der Waals surface area contributed by atoms with Crippen LogP contribution in [0.4, 0.5) is 0 Å². The van der Waals surface area contributed by atoms with E-state index < -0.39 is 17.4 Å². The van der Waals surface area contributed by atoms with E-state index >= 15 is 0 Å². The number of rotatable bonds is 8. The Hall–Kier alpha value is -3.22. The molecule has 0 bridgehead atoms. The van der Waals surface area contributed by atoms with Crippen molar-refractivity contribution in [2.75, 3.05) is 14.2 Å². The minimum absolute atomic E-state index is 0.0246. The first kappa shape index (κ1) is 23.4. The van der Waals surface area contributed by atoms with Crippen molar-refractivity contribution in [1.29, 1.82) is 0 Å². The summed E-state index contributed by atoms with van der Waals surface area (Å²) in [4.78, 5) is 26.3. The topological polar surface area (TPSA) is 84.9 Å². The number of carboxylic acid groups (broad SMARTS) is 1. The number of hydrogen-bond acceptors (Lipinski definition) is 4. The number of nitrogens with one attached hydrogen (secondary N) is 1. The highest BCUT2D eigenvalue weighted by Crippen LogP contribution is 2.41. The number of carbonyl (C=O) groups excluding carboxylic acids is 1. The summed E-state index contributed by atoms with van der Waals surface area (Å²) in [7, 11) is 2.83. The van der Waals surface area contributed by atoms with Crippen LogP contribution in [-0.4, -0.2) is 31.2 Å². The van der Waals surface area contributed by atoms with Crippen molar-refractivity contribution in [3.05, 3.63) is 93.5 Å². The Labute approximate surface area is 195 Å². The smallest absolute Gasteiger partial charge is 0.334 e. The Kier molecular flexibility index (Phi) is 7.28. The molecule has 0 aromatic heterocycles. The fourth-order valence-corrected chi connectivity index (χ4v) is 4.15. The van der Waals surface area contributed by atoms with E-state index in [0.717, 1.165) is 0 Å². The van der Waals surface area contributed by atoms with Crippen LogP contribution in [0.3, 0.4) is 0 Å². The zero-order chi connectivity index (χ0) is 23.3. The molecule has 1 atom stereocenters. The van der Waals surface area contributed by atoms with Gasteiger partial charge in [-0.25, -0.2) is 4.79 Å². The summed E-state index contributed by atoms with van der Waals surface area (Å²) < 4.78 is 10.9. The van der Waals surface area contributed by atoms with Gasteiger partial charge in [-0.1, -0.05) is 65.7 Å². The summed E-state index contributed by atoms with van der Waals surface area (Å²) in [5.74, 6) is -1.56. The molecule has 0 saturated heterocycles. The first-order chi connectivity index (χ1) is 15.3. The highest BCUT2D eigenvalue weighted by atomic mass is 35.5. The van der Waals surface area contributed by atoms with Crippen LogP contribution in [0.2, 0.25) is 10.0 Å². The molecule has 32 heavy (non-hydrogen) atoms. The highest BCUT2D eigenvalue weighted by Gasteiger charge is 2.47. The van der Waals surface area contributed by atoms with Gasteiger partial charge in [-0.15, -0.1) is 0 Å². The van der Waals surface area contributed by atoms with Gasteiger partial charge in [0.15, 0.2) is 5.54 Å². The molecule has 0 heterocycles. The van der Waals surface area contributed by atoms with E-state index in [-0.39, 0.29) is 39.1 Å².